The maximum atomic E-state index is 14.2. The van der Waals surface area contributed by atoms with Crippen LogP contribution in [0.3, 0.4) is 0 Å². The second-order valence-corrected chi connectivity index (χ2v) is 11.9. The van der Waals surface area contributed by atoms with E-state index in [-0.39, 0.29) is 11.6 Å². The largest absolute Gasteiger partial charge is 0.369 e. The van der Waals surface area contributed by atoms with E-state index in [4.69, 9.17) is 9.97 Å². The van der Waals surface area contributed by atoms with Gasteiger partial charge in [0.15, 0.2) is 0 Å². The standard InChI is InChI=1S/C32H39N7O/c40-31-28-19-24(22-37-15-17-38(18-16-37)25-11-13-33-14-12-25)9-10-27(28)29-21-35-32(34-20-23-5-4-6-23)36-30(29)39(31)26-7-2-1-3-8-26/h9-14,19,21,23,26H,1-8,15-18,20,22H2,(H,34,35,36). The first-order chi connectivity index (χ1) is 19.7. The maximum absolute atomic E-state index is 14.2. The van der Waals surface area contributed by atoms with Crippen LogP contribution in [0.15, 0.2) is 53.7 Å². The number of nitrogens with zero attached hydrogens (tertiary/aromatic N) is 6. The lowest BCUT2D eigenvalue weighted by Gasteiger charge is -2.36. The Kier molecular flexibility index (Phi) is 7.10. The van der Waals surface area contributed by atoms with Crippen LogP contribution in [0.25, 0.3) is 21.8 Å². The second kappa shape index (κ2) is 11.2. The predicted octanol–water partition coefficient (Wildman–Crippen LogP) is 5.38. The number of nitrogens with one attached hydrogen (secondary N) is 1. The van der Waals surface area contributed by atoms with Gasteiger partial charge in [0.05, 0.1) is 0 Å². The number of benzene rings is 1. The monoisotopic (exact) mass is 537 g/mol. The molecule has 1 N–H and O–H groups in total. The van der Waals surface area contributed by atoms with Crippen LogP contribution in [0, 0.1) is 5.92 Å². The molecule has 0 spiro atoms. The summed E-state index contributed by atoms with van der Waals surface area (Å²) in [5, 5.41) is 6.19. The highest BCUT2D eigenvalue weighted by molar-refractivity contribution is 6.04. The van der Waals surface area contributed by atoms with Crippen LogP contribution >= 0.6 is 0 Å². The molecule has 7 rings (SSSR count). The summed E-state index contributed by atoms with van der Waals surface area (Å²) in [5.74, 6) is 1.36. The van der Waals surface area contributed by atoms with Gasteiger partial charge in [-0.25, -0.2) is 4.98 Å². The molecule has 1 aliphatic heterocycles. The number of rotatable bonds is 7. The van der Waals surface area contributed by atoms with Gasteiger partial charge in [0.2, 0.25) is 5.95 Å². The summed E-state index contributed by atoms with van der Waals surface area (Å²) < 4.78 is 2.02. The molecule has 3 aromatic heterocycles. The summed E-state index contributed by atoms with van der Waals surface area (Å²) in [6.45, 7) is 5.73. The highest BCUT2D eigenvalue weighted by Gasteiger charge is 2.24. The van der Waals surface area contributed by atoms with Gasteiger partial charge < -0.3 is 10.2 Å². The molecule has 3 fully saturated rings. The van der Waals surface area contributed by atoms with E-state index in [1.807, 2.05) is 23.2 Å². The molecule has 8 heteroatoms. The summed E-state index contributed by atoms with van der Waals surface area (Å²) in [6.07, 6.45) is 15.2. The molecule has 0 unspecified atom stereocenters. The molecular formula is C32H39N7O. The summed E-state index contributed by atoms with van der Waals surface area (Å²) >= 11 is 0. The highest BCUT2D eigenvalue weighted by Crippen LogP contribution is 2.32. The highest BCUT2D eigenvalue weighted by atomic mass is 16.1. The molecule has 0 amide bonds. The molecule has 4 aromatic rings. The maximum Gasteiger partial charge on any atom is 0.260 e. The van der Waals surface area contributed by atoms with Crippen LogP contribution in [0.2, 0.25) is 0 Å². The Labute approximate surface area is 235 Å². The van der Waals surface area contributed by atoms with E-state index >= 15 is 0 Å². The van der Waals surface area contributed by atoms with Crippen molar-refractivity contribution in [2.24, 2.45) is 5.92 Å². The van der Waals surface area contributed by atoms with Gasteiger partial charge in [0.1, 0.15) is 5.65 Å². The van der Waals surface area contributed by atoms with E-state index in [1.54, 1.807) is 0 Å². The third-order valence-corrected chi connectivity index (χ3v) is 9.34. The Morgan fingerprint density at radius 2 is 1.65 bits per heavy atom. The second-order valence-electron chi connectivity index (χ2n) is 11.9. The molecule has 3 aliphatic rings. The third-order valence-electron chi connectivity index (χ3n) is 9.34. The van der Waals surface area contributed by atoms with Crippen molar-refractivity contribution in [3.63, 3.8) is 0 Å². The normalized spacial score (nSPS) is 19.2. The number of pyridine rings is 2. The van der Waals surface area contributed by atoms with Crippen molar-refractivity contribution in [2.45, 2.75) is 64.0 Å². The van der Waals surface area contributed by atoms with Gasteiger partial charge in [0, 0.05) is 80.4 Å². The lowest BCUT2D eigenvalue weighted by Crippen LogP contribution is -2.45. The number of fused-ring (bicyclic) bond motifs is 3. The van der Waals surface area contributed by atoms with Crippen molar-refractivity contribution in [3.8, 4) is 0 Å². The van der Waals surface area contributed by atoms with Crippen LogP contribution in [-0.4, -0.2) is 57.1 Å². The molecule has 1 aromatic carbocycles. The quantitative estimate of drug-likeness (QED) is 0.317. The van der Waals surface area contributed by atoms with Gasteiger partial charge in [0.25, 0.3) is 5.56 Å². The smallest absolute Gasteiger partial charge is 0.260 e. The Bertz CT molecular complexity index is 1530. The Morgan fingerprint density at radius 3 is 2.40 bits per heavy atom. The summed E-state index contributed by atoms with van der Waals surface area (Å²) in [4.78, 5) is 32.9. The Morgan fingerprint density at radius 1 is 0.850 bits per heavy atom. The minimum Gasteiger partial charge on any atom is -0.369 e. The van der Waals surface area contributed by atoms with Gasteiger partial charge in [-0.1, -0.05) is 37.8 Å². The van der Waals surface area contributed by atoms with Gasteiger partial charge in [-0.05, 0) is 60.7 Å². The SMILES string of the molecule is O=c1c2cc(CN3CCN(c4ccncc4)CC3)ccc2c2cnc(NCC3CCC3)nc2n1C1CCCCC1. The topological polar surface area (TPSA) is 79.2 Å². The molecule has 208 valence electrons. The average molecular weight is 538 g/mol. The fourth-order valence-electron chi connectivity index (χ4n) is 6.75. The lowest BCUT2D eigenvalue weighted by atomic mass is 9.85. The molecule has 2 aliphatic carbocycles. The number of aromatic nitrogens is 4. The molecule has 0 bridgehead atoms. The van der Waals surface area contributed by atoms with E-state index < -0.39 is 0 Å². The number of hydrogen-bond acceptors (Lipinski definition) is 7. The van der Waals surface area contributed by atoms with Gasteiger partial charge >= 0.3 is 0 Å². The van der Waals surface area contributed by atoms with E-state index in [2.05, 4.69) is 50.4 Å². The Hall–Kier alpha value is -3.52. The van der Waals surface area contributed by atoms with Crippen LogP contribution in [0.5, 0.6) is 0 Å². The van der Waals surface area contributed by atoms with Crippen LogP contribution in [0.4, 0.5) is 11.6 Å². The van der Waals surface area contributed by atoms with Crippen LogP contribution in [0.1, 0.15) is 63.0 Å². The van der Waals surface area contributed by atoms with Crippen LogP contribution < -0.4 is 15.8 Å². The molecule has 0 atom stereocenters. The zero-order valence-electron chi connectivity index (χ0n) is 23.3. The fraction of sp³-hybridized carbons (Fsp3) is 0.500. The first-order valence-electron chi connectivity index (χ1n) is 15.2. The van der Waals surface area contributed by atoms with Gasteiger partial charge in [-0.15, -0.1) is 0 Å². The summed E-state index contributed by atoms with van der Waals surface area (Å²) in [7, 11) is 0. The van der Waals surface area contributed by atoms with Crippen LogP contribution in [-0.2, 0) is 6.54 Å². The van der Waals surface area contributed by atoms with E-state index in [0.29, 0.717) is 11.9 Å². The molecule has 0 radical (unpaired) electrons. The molecular weight excluding hydrogens is 498 g/mol. The van der Waals surface area contributed by atoms with E-state index in [9.17, 15) is 4.79 Å². The van der Waals surface area contributed by atoms with Crippen molar-refractivity contribution in [1.29, 1.82) is 0 Å². The van der Waals surface area contributed by atoms with Crippen molar-refractivity contribution in [3.05, 3.63) is 64.8 Å². The molecule has 2 saturated carbocycles. The Balaban J connectivity index is 1.18. The minimum atomic E-state index is 0.0994. The van der Waals surface area contributed by atoms with Crippen molar-refractivity contribution < 1.29 is 0 Å². The summed E-state index contributed by atoms with van der Waals surface area (Å²) in [6, 6.07) is 10.8. The van der Waals surface area contributed by atoms with Gasteiger partial charge in [-0.2, -0.15) is 4.98 Å². The molecule has 1 saturated heterocycles. The van der Waals surface area contributed by atoms with Gasteiger partial charge in [-0.3, -0.25) is 19.2 Å². The zero-order valence-corrected chi connectivity index (χ0v) is 23.3. The average Bonchev–Trinajstić information content (AvgIpc) is 2.98. The van der Waals surface area contributed by atoms with Crippen molar-refractivity contribution in [1.82, 2.24) is 24.4 Å². The number of anilines is 2. The third kappa shape index (κ3) is 5.05. The summed E-state index contributed by atoms with van der Waals surface area (Å²) in [5.41, 5.74) is 3.31. The molecule has 40 heavy (non-hydrogen) atoms. The molecule has 4 heterocycles. The van der Waals surface area contributed by atoms with E-state index in [1.165, 1.54) is 49.8 Å². The lowest BCUT2D eigenvalue weighted by molar-refractivity contribution is 0.250. The fourth-order valence-corrected chi connectivity index (χ4v) is 6.75. The molecule has 8 nitrogen and oxygen atoms in total. The van der Waals surface area contributed by atoms with Crippen molar-refractivity contribution in [2.75, 3.05) is 42.9 Å². The first-order valence-corrected chi connectivity index (χ1v) is 15.2. The zero-order chi connectivity index (χ0) is 26.9. The number of hydrogen-bond donors (Lipinski definition) is 1. The number of piperazine rings is 1. The minimum absolute atomic E-state index is 0.0994. The predicted molar refractivity (Wildman–Crippen MR) is 161 cm³/mol. The van der Waals surface area contributed by atoms with E-state index in [0.717, 1.165) is 73.9 Å². The van der Waals surface area contributed by atoms with Crippen molar-refractivity contribution >= 4 is 33.4 Å². The first kappa shape index (κ1) is 25.4.